The van der Waals surface area contributed by atoms with E-state index >= 15 is 0 Å². The van der Waals surface area contributed by atoms with Crippen LogP contribution >= 0.6 is 0 Å². The molecule has 5 heteroatoms. The second-order valence-corrected chi connectivity index (χ2v) is 5.61. The molecule has 23 heavy (non-hydrogen) atoms. The van der Waals surface area contributed by atoms with E-state index in [0.29, 0.717) is 11.1 Å². The molecule has 0 aliphatic carbocycles. The van der Waals surface area contributed by atoms with Crippen molar-refractivity contribution >= 4 is 11.9 Å². The summed E-state index contributed by atoms with van der Waals surface area (Å²) in [5, 5.41) is 6.06. The zero-order valence-corrected chi connectivity index (χ0v) is 13.9. The van der Waals surface area contributed by atoms with E-state index < -0.39 is 5.97 Å². The van der Waals surface area contributed by atoms with Crippen LogP contribution in [0.5, 0.6) is 0 Å². The van der Waals surface area contributed by atoms with Gasteiger partial charge < -0.3 is 15.4 Å². The average molecular weight is 314 g/mol. The summed E-state index contributed by atoms with van der Waals surface area (Å²) in [4.78, 5) is 24.4. The van der Waals surface area contributed by atoms with E-state index in [0.717, 1.165) is 17.0 Å². The summed E-state index contributed by atoms with van der Waals surface area (Å²) in [5.41, 5.74) is 3.55. The highest BCUT2D eigenvalue weighted by Gasteiger charge is 2.26. The monoisotopic (exact) mass is 314 g/mol. The molecule has 0 fully saturated rings. The van der Waals surface area contributed by atoms with Crippen LogP contribution < -0.4 is 10.6 Å². The number of esters is 1. The fraction of sp³-hybridized carbons (Fsp3) is 0.333. The van der Waals surface area contributed by atoms with Crippen LogP contribution in [0.3, 0.4) is 0 Å². The zero-order valence-electron chi connectivity index (χ0n) is 13.9. The van der Waals surface area contributed by atoms with Crippen molar-refractivity contribution in [2.45, 2.75) is 33.2 Å². The summed E-state index contributed by atoms with van der Waals surface area (Å²) in [6.45, 7) is 5.57. The molecule has 0 unspecified atom stereocenters. The number of ether oxygens (including phenoxy) is 1. The molecule has 0 radical (unpaired) electrons. The second-order valence-electron chi connectivity index (χ2n) is 5.61. The van der Waals surface area contributed by atoms with Crippen molar-refractivity contribution < 1.29 is 14.3 Å². The zero-order chi connectivity index (χ0) is 17.0. The van der Waals surface area contributed by atoms with Crippen molar-refractivity contribution in [3.8, 4) is 0 Å². The third kappa shape index (κ3) is 3.80. The van der Waals surface area contributed by atoms with Gasteiger partial charge in [-0.1, -0.05) is 30.3 Å². The van der Waals surface area contributed by atoms with Crippen LogP contribution in [-0.2, 0) is 14.3 Å². The number of amides is 1. The molecule has 1 heterocycles. The number of nitrogens with one attached hydrogen (secondary N) is 2. The number of dihydropyridines is 1. The van der Waals surface area contributed by atoms with Gasteiger partial charge in [-0.15, -0.1) is 0 Å². The van der Waals surface area contributed by atoms with Crippen molar-refractivity contribution in [1.29, 1.82) is 0 Å². The van der Waals surface area contributed by atoms with Gasteiger partial charge in [0.15, 0.2) is 0 Å². The summed E-state index contributed by atoms with van der Waals surface area (Å²) >= 11 is 0. The van der Waals surface area contributed by atoms with Crippen LogP contribution in [-0.4, -0.2) is 19.0 Å². The molecule has 1 amide bonds. The highest BCUT2D eigenvalue weighted by molar-refractivity contribution is 5.99. The van der Waals surface area contributed by atoms with E-state index in [1.165, 1.54) is 7.11 Å². The van der Waals surface area contributed by atoms with E-state index in [2.05, 4.69) is 10.6 Å². The van der Waals surface area contributed by atoms with E-state index in [1.54, 1.807) is 6.92 Å². The average Bonchev–Trinajstić information content (AvgIpc) is 2.54. The van der Waals surface area contributed by atoms with Crippen molar-refractivity contribution in [2.75, 3.05) is 7.11 Å². The van der Waals surface area contributed by atoms with Gasteiger partial charge in [0.25, 0.3) is 0 Å². The number of allylic oxidation sites excluding steroid dienone is 2. The summed E-state index contributed by atoms with van der Waals surface area (Å²) in [5.74, 6) is -0.593. The third-order valence-corrected chi connectivity index (χ3v) is 3.99. The van der Waals surface area contributed by atoms with E-state index in [-0.39, 0.29) is 18.4 Å². The number of hydrogen-bond acceptors (Lipinski definition) is 4. The minimum Gasteiger partial charge on any atom is -0.466 e. The molecule has 1 aromatic carbocycles. The molecule has 0 saturated carbocycles. The topological polar surface area (TPSA) is 67.4 Å². The molecular formula is C18H22N2O3. The molecule has 1 atom stereocenters. The molecule has 0 bridgehead atoms. The quantitative estimate of drug-likeness (QED) is 0.838. The first-order valence-electron chi connectivity index (χ1n) is 7.54. The highest BCUT2D eigenvalue weighted by atomic mass is 16.5. The van der Waals surface area contributed by atoms with Gasteiger partial charge in [-0.25, -0.2) is 4.79 Å². The largest absolute Gasteiger partial charge is 0.466 e. The maximum absolute atomic E-state index is 12.6. The first kappa shape index (κ1) is 16.8. The Hall–Kier alpha value is -2.56. The molecule has 122 valence electrons. The summed E-state index contributed by atoms with van der Waals surface area (Å²) in [6, 6.07) is 9.63. The normalized spacial score (nSPS) is 15.8. The molecule has 0 spiro atoms. The van der Waals surface area contributed by atoms with Gasteiger partial charge in [-0.05, 0) is 26.3 Å². The smallest absolute Gasteiger partial charge is 0.335 e. The van der Waals surface area contributed by atoms with Crippen LogP contribution in [0, 0.1) is 0 Å². The fourth-order valence-corrected chi connectivity index (χ4v) is 2.58. The van der Waals surface area contributed by atoms with Crippen LogP contribution in [0.2, 0.25) is 0 Å². The Balaban J connectivity index is 2.13. The van der Waals surface area contributed by atoms with Gasteiger partial charge in [-0.2, -0.15) is 0 Å². The van der Waals surface area contributed by atoms with Crippen LogP contribution in [0.25, 0.3) is 0 Å². The van der Waals surface area contributed by atoms with Crippen molar-refractivity contribution in [2.24, 2.45) is 0 Å². The molecule has 1 aromatic rings. The number of rotatable bonds is 4. The number of carbonyl (C=O) groups is 2. The lowest BCUT2D eigenvalue weighted by Gasteiger charge is -2.24. The van der Waals surface area contributed by atoms with Gasteiger partial charge in [-0.3, -0.25) is 4.79 Å². The minimum atomic E-state index is -0.413. The lowest BCUT2D eigenvalue weighted by Crippen LogP contribution is -2.33. The highest BCUT2D eigenvalue weighted by Crippen LogP contribution is 2.24. The molecule has 0 aromatic heterocycles. The molecule has 2 rings (SSSR count). The van der Waals surface area contributed by atoms with Crippen molar-refractivity contribution in [3.05, 3.63) is 58.4 Å². The predicted molar refractivity (Wildman–Crippen MR) is 88.2 cm³/mol. The van der Waals surface area contributed by atoms with Crippen LogP contribution in [0.1, 0.15) is 38.8 Å². The predicted octanol–water partition coefficient (Wildman–Crippen LogP) is 2.58. The van der Waals surface area contributed by atoms with Gasteiger partial charge >= 0.3 is 5.97 Å². The summed E-state index contributed by atoms with van der Waals surface area (Å²) in [6.07, 6.45) is 0.269. The SMILES string of the molecule is COC(=O)C1=C(C)NC(C)=C(C(=O)N[C@@H](C)c2ccccc2)C1. The first-order chi connectivity index (χ1) is 10.9. The molecule has 5 nitrogen and oxygen atoms in total. The lowest BCUT2D eigenvalue weighted by molar-refractivity contribution is -0.136. The van der Waals surface area contributed by atoms with E-state index in [1.807, 2.05) is 44.2 Å². The van der Waals surface area contributed by atoms with Crippen LogP contribution in [0.4, 0.5) is 0 Å². The Kier molecular flexibility index (Phi) is 5.21. The molecular weight excluding hydrogens is 292 g/mol. The Bertz CT molecular complexity index is 675. The number of methoxy groups -OCH3 is 1. The fourth-order valence-electron chi connectivity index (χ4n) is 2.58. The lowest BCUT2D eigenvalue weighted by atomic mass is 9.97. The molecule has 1 aliphatic rings. The van der Waals surface area contributed by atoms with Crippen molar-refractivity contribution in [3.63, 3.8) is 0 Å². The molecule has 1 aliphatic heterocycles. The summed E-state index contributed by atoms with van der Waals surface area (Å²) < 4.78 is 4.78. The number of carbonyl (C=O) groups excluding carboxylic acids is 2. The molecule has 0 saturated heterocycles. The third-order valence-electron chi connectivity index (χ3n) is 3.99. The van der Waals surface area contributed by atoms with Crippen molar-refractivity contribution in [1.82, 2.24) is 10.6 Å². The van der Waals surface area contributed by atoms with E-state index in [9.17, 15) is 9.59 Å². The van der Waals surface area contributed by atoms with Gasteiger partial charge in [0.05, 0.1) is 18.7 Å². The Morgan fingerprint density at radius 2 is 1.74 bits per heavy atom. The Morgan fingerprint density at radius 3 is 2.35 bits per heavy atom. The Morgan fingerprint density at radius 1 is 1.13 bits per heavy atom. The number of benzene rings is 1. The maximum atomic E-state index is 12.6. The standard InChI is InChI=1S/C18H22N2O3/c1-11(14-8-6-5-7-9-14)20-17(21)15-10-16(18(22)23-4)13(3)19-12(15)2/h5-9,11,19H,10H2,1-4H3,(H,20,21)/t11-/m0/s1. The van der Waals surface area contributed by atoms with Crippen LogP contribution in [0.15, 0.2) is 52.9 Å². The number of hydrogen-bond donors (Lipinski definition) is 2. The van der Waals surface area contributed by atoms with Gasteiger partial charge in [0.1, 0.15) is 0 Å². The molecule has 2 N–H and O–H groups in total. The second kappa shape index (κ2) is 7.13. The maximum Gasteiger partial charge on any atom is 0.335 e. The first-order valence-corrected chi connectivity index (χ1v) is 7.54. The minimum absolute atomic E-state index is 0.113. The van der Waals surface area contributed by atoms with E-state index in [4.69, 9.17) is 4.74 Å². The van der Waals surface area contributed by atoms with Gasteiger partial charge in [0, 0.05) is 23.4 Å². The van der Waals surface area contributed by atoms with Gasteiger partial charge in [0.2, 0.25) is 5.91 Å². The summed E-state index contributed by atoms with van der Waals surface area (Å²) in [7, 11) is 1.34. The Labute approximate surface area is 136 Å².